The van der Waals surface area contributed by atoms with Crippen molar-refractivity contribution in [1.29, 1.82) is 0 Å². The second-order valence-electron chi connectivity index (χ2n) is 5.30. The molecule has 1 N–H and O–H groups in total. The zero-order valence-corrected chi connectivity index (χ0v) is 15.3. The van der Waals surface area contributed by atoms with Crippen molar-refractivity contribution in [2.45, 2.75) is 13.5 Å². The lowest BCUT2D eigenvalue weighted by Gasteiger charge is -2.07. The molecular weight excluding hydrogens is 358 g/mol. The van der Waals surface area contributed by atoms with Crippen LogP contribution in [0.1, 0.15) is 20.9 Å². The minimum atomic E-state index is -0.172. The van der Waals surface area contributed by atoms with Gasteiger partial charge in [0.1, 0.15) is 9.88 Å². The maximum absolute atomic E-state index is 12.5. The van der Waals surface area contributed by atoms with Gasteiger partial charge in [0.05, 0.1) is 12.8 Å². The Balaban J connectivity index is 1.77. The summed E-state index contributed by atoms with van der Waals surface area (Å²) in [6.07, 6.45) is 1.65. The first-order valence-corrected chi connectivity index (χ1v) is 8.77. The molecule has 0 bridgehead atoms. The van der Waals surface area contributed by atoms with Crippen LogP contribution in [0, 0.1) is 6.92 Å². The highest BCUT2D eigenvalue weighted by atomic mass is 35.5. The third-order valence-corrected chi connectivity index (χ3v) is 5.00. The van der Waals surface area contributed by atoms with E-state index in [1.807, 2.05) is 31.2 Å². The number of aryl methyl sites for hydroxylation is 1. The number of aromatic nitrogens is 2. The van der Waals surface area contributed by atoms with E-state index in [1.165, 1.54) is 11.3 Å². The number of nitrogens with zero attached hydrogens (tertiary/aromatic N) is 2. The molecule has 0 aliphatic heterocycles. The zero-order chi connectivity index (χ0) is 17.8. The fraction of sp³-hybridized carbons (Fsp3) is 0.167. The van der Waals surface area contributed by atoms with Gasteiger partial charge in [-0.05, 0) is 25.1 Å². The molecule has 3 aromatic rings. The van der Waals surface area contributed by atoms with Crippen LogP contribution in [-0.4, -0.2) is 23.0 Å². The van der Waals surface area contributed by atoms with E-state index in [0.29, 0.717) is 28.0 Å². The molecule has 2 aromatic heterocycles. The van der Waals surface area contributed by atoms with E-state index < -0.39 is 0 Å². The maximum atomic E-state index is 12.5. The van der Waals surface area contributed by atoms with E-state index in [9.17, 15) is 4.79 Å². The summed E-state index contributed by atoms with van der Waals surface area (Å²) in [4.78, 5) is 21.7. The molecule has 0 fully saturated rings. The number of carbonyl (C=O) groups excluding carboxylic acids is 1. The Labute approximate surface area is 154 Å². The summed E-state index contributed by atoms with van der Waals surface area (Å²) in [5.74, 6) is 0.331. The average molecular weight is 374 g/mol. The summed E-state index contributed by atoms with van der Waals surface area (Å²) in [5, 5.41) is 4.30. The number of nitrogens with one attached hydrogen (secondary N) is 1. The van der Waals surface area contributed by atoms with Crippen molar-refractivity contribution in [2.24, 2.45) is 0 Å². The normalized spacial score (nSPS) is 10.5. The molecule has 0 unspecified atom stereocenters. The lowest BCUT2D eigenvalue weighted by atomic mass is 10.2. The Morgan fingerprint density at radius 1 is 1.32 bits per heavy atom. The van der Waals surface area contributed by atoms with E-state index in [-0.39, 0.29) is 5.91 Å². The number of hydrogen-bond donors (Lipinski definition) is 1. The number of benzene rings is 1. The highest BCUT2D eigenvalue weighted by Crippen LogP contribution is 2.29. The van der Waals surface area contributed by atoms with Crippen LogP contribution in [-0.2, 0) is 6.54 Å². The third kappa shape index (κ3) is 3.97. The predicted molar refractivity (Wildman–Crippen MR) is 99.3 cm³/mol. The molecule has 0 aliphatic carbocycles. The maximum Gasteiger partial charge on any atom is 0.263 e. The van der Waals surface area contributed by atoms with Crippen molar-refractivity contribution in [3.63, 3.8) is 0 Å². The zero-order valence-electron chi connectivity index (χ0n) is 13.7. The van der Waals surface area contributed by atoms with Crippen LogP contribution in [0.4, 0.5) is 0 Å². The molecule has 128 valence electrons. The summed E-state index contributed by atoms with van der Waals surface area (Å²) in [6.45, 7) is 2.16. The molecule has 0 saturated heterocycles. The van der Waals surface area contributed by atoms with Gasteiger partial charge in [-0.2, -0.15) is 0 Å². The number of carbonyl (C=O) groups is 1. The number of methoxy groups -OCH3 is 1. The first-order valence-electron chi connectivity index (χ1n) is 7.58. The molecule has 7 heteroatoms. The Morgan fingerprint density at radius 2 is 2.16 bits per heavy atom. The Bertz CT molecular complexity index is 911. The number of halogens is 1. The number of thiazole rings is 1. The van der Waals surface area contributed by atoms with E-state index in [1.54, 1.807) is 25.4 Å². The van der Waals surface area contributed by atoms with Crippen LogP contribution in [0.5, 0.6) is 5.88 Å². The second-order valence-corrected chi connectivity index (χ2v) is 6.73. The van der Waals surface area contributed by atoms with Crippen LogP contribution < -0.4 is 10.1 Å². The molecule has 0 atom stereocenters. The Hall–Kier alpha value is -2.44. The quantitative estimate of drug-likeness (QED) is 0.731. The third-order valence-electron chi connectivity index (χ3n) is 3.56. The van der Waals surface area contributed by atoms with Gasteiger partial charge in [0, 0.05) is 28.9 Å². The molecular formula is C18H16ClN3O2S. The van der Waals surface area contributed by atoms with Crippen LogP contribution >= 0.6 is 22.9 Å². The van der Waals surface area contributed by atoms with Crippen molar-refractivity contribution in [1.82, 2.24) is 15.3 Å². The summed E-state index contributed by atoms with van der Waals surface area (Å²) in [7, 11) is 1.55. The topological polar surface area (TPSA) is 64.1 Å². The van der Waals surface area contributed by atoms with Gasteiger partial charge in [0.2, 0.25) is 5.88 Å². The first-order chi connectivity index (χ1) is 12.1. The molecule has 1 aromatic carbocycles. The molecule has 25 heavy (non-hydrogen) atoms. The average Bonchev–Trinajstić information content (AvgIpc) is 3.02. The van der Waals surface area contributed by atoms with Gasteiger partial charge < -0.3 is 10.1 Å². The van der Waals surface area contributed by atoms with Crippen molar-refractivity contribution in [3.05, 3.63) is 63.8 Å². The highest BCUT2D eigenvalue weighted by molar-refractivity contribution is 7.17. The molecule has 3 rings (SSSR count). The van der Waals surface area contributed by atoms with Crippen molar-refractivity contribution < 1.29 is 9.53 Å². The fourth-order valence-corrected chi connectivity index (χ4v) is 3.52. The Kier molecular flexibility index (Phi) is 5.31. The molecule has 1 amide bonds. The monoisotopic (exact) mass is 373 g/mol. The van der Waals surface area contributed by atoms with Gasteiger partial charge in [-0.25, -0.2) is 9.97 Å². The van der Waals surface area contributed by atoms with Gasteiger partial charge in [-0.15, -0.1) is 11.3 Å². The van der Waals surface area contributed by atoms with E-state index in [4.69, 9.17) is 16.3 Å². The van der Waals surface area contributed by atoms with Gasteiger partial charge in [-0.3, -0.25) is 4.79 Å². The van der Waals surface area contributed by atoms with Gasteiger partial charge >= 0.3 is 0 Å². The summed E-state index contributed by atoms with van der Waals surface area (Å²) >= 11 is 7.38. The van der Waals surface area contributed by atoms with Crippen molar-refractivity contribution >= 4 is 28.8 Å². The first kappa shape index (κ1) is 17.4. The minimum Gasteiger partial charge on any atom is -0.481 e. The van der Waals surface area contributed by atoms with Crippen LogP contribution in [0.15, 0.2) is 42.6 Å². The summed E-state index contributed by atoms with van der Waals surface area (Å²) in [5.41, 5.74) is 2.40. The molecule has 0 radical (unpaired) electrons. The summed E-state index contributed by atoms with van der Waals surface area (Å²) < 4.78 is 5.20. The highest BCUT2D eigenvalue weighted by Gasteiger charge is 2.17. The second kappa shape index (κ2) is 7.63. The van der Waals surface area contributed by atoms with Crippen LogP contribution in [0.3, 0.4) is 0 Å². The van der Waals surface area contributed by atoms with Crippen LogP contribution in [0.25, 0.3) is 10.6 Å². The minimum absolute atomic E-state index is 0.172. The number of hydrogen-bond acceptors (Lipinski definition) is 5. The van der Waals surface area contributed by atoms with E-state index in [0.717, 1.165) is 16.1 Å². The van der Waals surface area contributed by atoms with E-state index >= 15 is 0 Å². The number of pyridine rings is 1. The smallest absolute Gasteiger partial charge is 0.263 e. The number of rotatable bonds is 5. The SMILES string of the molecule is COc1ncccc1CNC(=O)c1sc(-c2cccc(Cl)c2)nc1C. The lowest BCUT2D eigenvalue weighted by Crippen LogP contribution is -2.23. The van der Waals surface area contributed by atoms with Crippen molar-refractivity contribution in [2.75, 3.05) is 7.11 Å². The molecule has 0 spiro atoms. The molecule has 2 heterocycles. The van der Waals surface area contributed by atoms with Gasteiger partial charge in [-0.1, -0.05) is 29.8 Å². The molecule has 0 saturated carbocycles. The number of amides is 1. The Morgan fingerprint density at radius 3 is 2.92 bits per heavy atom. The predicted octanol–water partition coefficient (Wildman–Crippen LogP) is 4.11. The summed E-state index contributed by atoms with van der Waals surface area (Å²) in [6, 6.07) is 11.1. The van der Waals surface area contributed by atoms with Gasteiger partial charge in [0.25, 0.3) is 5.91 Å². The standard InChI is InChI=1S/C18H16ClN3O2S/c1-11-15(25-18(22-11)12-5-3-7-14(19)9-12)16(23)21-10-13-6-4-8-20-17(13)24-2/h3-9H,10H2,1-2H3,(H,21,23). The van der Waals surface area contributed by atoms with Gasteiger partial charge in [0.15, 0.2) is 0 Å². The van der Waals surface area contributed by atoms with E-state index in [2.05, 4.69) is 15.3 Å². The fourth-order valence-electron chi connectivity index (χ4n) is 2.35. The lowest BCUT2D eigenvalue weighted by molar-refractivity contribution is 0.0954. The van der Waals surface area contributed by atoms with Crippen molar-refractivity contribution in [3.8, 4) is 16.5 Å². The number of ether oxygens (including phenoxy) is 1. The van der Waals surface area contributed by atoms with Crippen LogP contribution in [0.2, 0.25) is 5.02 Å². The molecule has 5 nitrogen and oxygen atoms in total. The molecule has 0 aliphatic rings. The largest absolute Gasteiger partial charge is 0.481 e.